The van der Waals surface area contributed by atoms with Gasteiger partial charge in [0.2, 0.25) is 0 Å². The molecule has 0 saturated carbocycles. The lowest BCUT2D eigenvalue weighted by Crippen LogP contribution is -1.93. The van der Waals surface area contributed by atoms with Crippen LogP contribution < -0.4 is 0 Å². The maximum atomic E-state index is 3.83. The number of allylic oxidation sites excluding steroid dienone is 5. The van der Waals surface area contributed by atoms with Gasteiger partial charge in [-0.2, -0.15) is 0 Å². The minimum Gasteiger partial charge on any atom is -0.102 e. The zero-order valence-corrected chi connectivity index (χ0v) is 8.72. The van der Waals surface area contributed by atoms with Crippen LogP contribution in [0.4, 0.5) is 0 Å². The van der Waals surface area contributed by atoms with E-state index in [-0.39, 0.29) is 0 Å². The third kappa shape index (κ3) is 4.95. The van der Waals surface area contributed by atoms with Gasteiger partial charge in [0.15, 0.2) is 0 Å². The van der Waals surface area contributed by atoms with Gasteiger partial charge in [0.1, 0.15) is 0 Å². The fraction of sp³-hybridized carbons (Fsp3) is 0.500. The molecule has 68 valence electrons. The summed E-state index contributed by atoms with van der Waals surface area (Å²) >= 11 is 0. The van der Waals surface area contributed by atoms with E-state index in [1.165, 1.54) is 11.1 Å². The maximum Gasteiger partial charge on any atom is -0.00166 e. The molecule has 0 fully saturated rings. The minimum absolute atomic E-state index is 0.506. The van der Waals surface area contributed by atoms with Crippen LogP contribution in [-0.4, -0.2) is 0 Å². The van der Waals surface area contributed by atoms with Gasteiger partial charge in [0, 0.05) is 0 Å². The molecule has 0 nitrogen and oxygen atoms in total. The summed E-state index contributed by atoms with van der Waals surface area (Å²) in [5.41, 5.74) is 2.79. The highest BCUT2D eigenvalue weighted by Crippen LogP contribution is 2.15. The third-order valence-corrected chi connectivity index (χ3v) is 1.90. The van der Waals surface area contributed by atoms with Crippen molar-refractivity contribution in [1.82, 2.24) is 0 Å². The minimum atomic E-state index is 0.506. The van der Waals surface area contributed by atoms with Crippen molar-refractivity contribution in [3.05, 3.63) is 36.0 Å². The van der Waals surface area contributed by atoms with E-state index in [9.17, 15) is 0 Å². The van der Waals surface area contributed by atoms with E-state index in [1.54, 1.807) is 0 Å². The molecule has 0 aromatic heterocycles. The van der Waals surface area contributed by atoms with Crippen molar-refractivity contribution in [2.75, 3.05) is 0 Å². The Bertz CT molecular complexity index is 190. The summed E-state index contributed by atoms with van der Waals surface area (Å²) in [4.78, 5) is 0. The molecule has 0 heteroatoms. The molecule has 0 aliphatic heterocycles. The van der Waals surface area contributed by atoms with Crippen LogP contribution in [0.25, 0.3) is 0 Å². The first-order chi connectivity index (χ1) is 5.60. The van der Waals surface area contributed by atoms with Crippen molar-refractivity contribution in [2.24, 2.45) is 5.92 Å². The van der Waals surface area contributed by atoms with E-state index < -0.39 is 0 Å². The molecule has 0 aromatic carbocycles. The summed E-state index contributed by atoms with van der Waals surface area (Å²) in [6.07, 6.45) is 7.54. The Hall–Kier alpha value is -0.780. The summed E-state index contributed by atoms with van der Waals surface area (Å²) in [5.74, 6) is 0.506. The average molecular weight is 164 g/mol. The molecule has 1 atom stereocenters. The zero-order valence-electron chi connectivity index (χ0n) is 8.72. The number of rotatable bonds is 4. The smallest absolute Gasteiger partial charge is 0.00166 e. The monoisotopic (exact) mass is 164 g/mol. The molecule has 0 radical (unpaired) electrons. The largest absolute Gasteiger partial charge is 0.102 e. The Morgan fingerprint density at radius 3 is 2.25 bits per heavy atom. The first kappa shape index (κ1) is 11.2. The number of hydrogen-bond acceptors (Lipinski definition) is 0. The molecule has 1 unspecified atom stereocenters. The molecule has 0 aliphatic rings. The summed E-state index contributed by atoms with van der Waals surface area (Å²) in [6, 6.07) is 0. The molecule has 0 saturated heterocycles. The van der Waals surface area contributed by atoms with Gasteiger partial charge in [-0.1, -0.05) is 29.4 Å². The van der Waals surface area contributed by atoms with Gasteiger partial charge in [0.05, 0.1) is 0 Å². The van der Waals surface area contributed by atoms with E-state index >= 15 is 0 Å². The van der Waals surface area contributed by atoms with Crippen LogP contribution in [0.1, 0.15) is 34.1 Å². The van der Waals surface area contributed by atoms with Crippen LogP contribution in [0.2, 0.25) is 0 Å². The first-order valence-corrected chi connectivity index (χ1v) is 4.49. The lowest BCUT2D eigenvalue weighted by atomic mass is 9.98. The Kier molecular flexibility index (Phi) is 5.44. The highest BCUT2D eigenvalue weighted by Gasteiger charge is 1.99. The summed E-state index contributed by atoms with van der Waals surface area (Å²) in [6.45, 7) is 12.3. The molecule has 0 amide bonds. The van der Waals surface area contributed by atoms with Gasteiger partial charge in [-0.05, 0) is 40.0 Å². The molecule has 0 bridgehead atoms. The highest BCUT2D eigenvalue weighted by molar-refractivity contribution is 5.09. The fourth-order valence-electron chi connectivity index (χ4n) is 1.13. The topological polar surface area (TPSA) is 0 Å². The van der Waals surface area contributed by atoms with Gasteiger partial charge in [-0.25, -0.2) is 0 Å². The van der Waals surface area contributed by atoms with Gasteiger partial charge in [-0.3, -0.25) is 0 Å². The van der Waals surface area contributed by atoms with Crippen molar-refractivity contribution in [3.63, 3.8) is 0 Å². The molecule has 0 aliphatic carbocycles. The first-order valence-electron chi connectivity index (χ1n) is 4.49. The zero-order chi connectivity index (χ0) is 9.56. The van der Waals surface area contributed by atoms with Crippen LogP contribution >= 0.6 is 0 Å². The lowest BCUT2D eigenvalue weighted by Gasteiger charge is -2.07. The van der Waals surface area contributed by atoms with Crippen molar-refractivity contribution < 1.29 is 0 Å². The van der Waals surface area contributed by atoms with E-state index in [0.29, 0.717) is 5.92 Å². The van der Waals surface area contributed by atoms with Gasteiger partial charge in [0.25, 0.3) is 0 Å². The van der Waals surface area contributed by atoms with E-state index in [2.05, 4.69) is 46.4 Å². The van der Waals surface area contributed by atoms with Crippen molar-refractivity contribution >= 4 is 0 Å². The second-order valence-corrected chi connectivity index (χ2v) is 3.48. The molecule has 0 heterocycles. The quantitative estimate of drug-likeness (QED) is 0.548. The third-order valence-electron chi connectivity index (χ3n) is 1.90. The van der Waals surface area contributed by atoms with E-state index in [4.69, 9.17) is 0 Å². The summed E-state index contributed by atoms with van der Waals surface area (Å²) in [7, 11) is 0. The van der Waals surface area contributed by atoms with Crippen LogP contribution in [0.15, 0.2) is 36.0 Å². The van der Waals surface area contributed by atoms with Gasteiger partial charge < -0.3 is 0 Å². The van der Waals surface area contributed by atoms with Crippen LogP contribution in [0.5, 0.6) is 0 Å². The fourth-order valence-corrected chi connectivity index (χ4v) is 1.13. The van der Waals surface area contributed by atoms with Gasteiger partial charge in [-0.15, -0.1) is 6.58 Å². The molecule has 0 N–H and O–H groups in total. The Morgan fingerprint density at radius 1 is 1.33 bits per heavy atom. The van der Waals surface area contributed by atoms with Crippen LogP contribution in [0.3, 0.4) is 0 Å². The summed E-state index contributed by atoms with van der Waals surface area (Å²) in [5, 5.41) is 0. The Labute approximate surface area is 76.7 Å². The normalized spacial score (nSPS) is 13.8. The maximum absolute atomic E-state index is 3.83. The second kappa shape index (κ2) is 5.82. The van der Waals surface area contributed by atoms with Crippen LogP contribution in [0, 0.1) is 5.92 Å². The van der Waals surface area contributed by atoms with Crippen molar-refractivity contribution in [2.45, 2.75) is 34.1 Å². The average Bonchev–Trinajstić information content (AvgIpc) is 2.02. The van der Waals surface area contributed by atoms with Crippen molar-refractivity contribution in [3.8, 4) is 0 Å². The Morgan fingerprint density at radius 2 is 1.92 bits per heavy atom. The molecular formula is C12H20. The predicted octanol–water partition coefficient (Wildman–Crippen LogP) is 4.11. The highest BCUT2D eigenvalue weighted by atomic mass is 14.0. The SMILES string of the molecule is C=CC(C=C(C)C)CC(C)=CC. The Balaban J connectivity index is 4.19. The van der Waals surface area contributed by atoms with Crippen molar-refractivity contribution in [1.29, 1.82) is 0 Å². The van der Waals surface area contributed by atoms with Gasteiger partial charge >= 0.3 is 0 Å². The molecule has 12 heavy (non-hydrogen) atoms. The van der Waals surface area contributed by atoms with Crippen LogP contribution in [-0.2, 0) is 0 Å². The van der Waals surface area contributed by atoms with E-state index in [1.807, 2.05) is 6.08 Å². The molecule has 0 aromatic rings. The standard InChI is InChI=1S/C12H20/c1-6-11(5)9-12(7-2)8-10(3)4/h6-8,12H,2,9H2,1,3-5H3. The number of hydrogen-bond donors (Lipinski definition) is 0. The predicted molar refractivity (Wildman–Crippen MR) is 57.2 cm³/mol. The molecular weight excluding hydrogens is 144 g/mol. The molecule has 0 spiro atoms. The second-order valence-electron chi connectivity index (χ2n) is 3.48. The molecule has 0 rings (SSSR count). The van der Waals surface area contributed by atoms with E-state index in [0.717, 1.165) is 6.42 Å². The lowest BCUT2D eigenvalue weighted by molar-refractivity contribution is 0.787. The summed E-state index contributed by atoms with van der Waals surface area (Å²) < 4.78 is 0.